The standard InChI is InChI=1S/C19H29N3O3/c1-13(2)18-21-19(25-22-18)17(15-8-11-23-12-9-15)20-14(3)6-7-16-5-4-10-24-16/h4-5,10,13-15,17,20H,6-9,11-12H2,1-3H3/t14-,17+/m1/s1. The van der Waals surface area contributed by atoms with E-state index in [1.807, 2.05) is 12.1 Å². The summed E-state index contributed by atoms with van der Waals surface area (Å²) >= 11 is 0. The van der Waals surface area contributed by atoms with Gasteiger partial charge >= 0.3 is 0 Å². The van der Waals surface area contributed by atoms with Crippen molar-refractivity contribution in [2.45, 2.75) is 64.5 Å². The highest BCUT2D eigenvalue weighted by molar-refractivity contribution is 5.01. The van der Waals surface area contributed by atoms with E-state index in [0.29, 0.717) is 17.9 Å². The number of aromatic nitrogens is 2. The lowest BCUT2D eigenvalue weighted by Gasteiger charge is -2.30. The molecule has 2 aromatic rings. The zero-order chi connectivity index (χ0) is 17.6. The van der Waals surface area contributed by atoms with Crippen molar-refractivity contribution in [2.24, 2.45) is 5.92 Å². The number of rotatable bonds is 8. The molecule has 138 valence electrons. The molecular formula is C19H29N3O3. The van der Waals surface area contributed by atoms with Crippen LogP contribution < -0.4 is 5.32 Å². The topological polar surface area (TPSA) is 73.3 Å². The first-order chi connectivity index (χ1) is 12.1. The summed E-state index contributed by atoms with van der Waals surface area (Å²) in [4.78, 5) is 4.65. The zero-order valence-electron chi connectivity index (χ0n) is 15.4. The van der Waals surface area contributed by atoms with E-state index in [1.165, 1.54) is 0 Å². The summed E-state index contributed by atoms with van der Waals surface area (Å²) in [5.41, 5.74) is 0. The molecule has 0 aliphatic carbocycles. The van der Waals surface area contributed by atoms with Crippen molar-refractivity contribution in [3.05, 3.63) is 35.9 Å². The Balaban J connectivity index is 1.66. The molecular weight excluding hydrogens is 318 g/mol. The Hall–Kier alpha value is -1.66. The summed E-state index contributed by atoms with van der Waals surface area (Å²) in [5, 5.41) is 7.88. The Kier molecular flexibility index (Phi) is 6.26. The molecule has 6 heteroatoms. The first-order valence-corrected chi connectivity index (χ1v) is 9.33. The van der Waals surface area contributed by atoms with E-state index in [-0.39, 0.29) is 12.0 Å². The molecule has 0 radical (unpaired) electrons. The smallest absolute Gasteiger partial charge is 0.244 e. The largest absolute Gasteiger partial charge is 0.469 e. The van der Waals surface area contributed by atoms with Crippen molar-refractivity contribution in [1.29, 1.82) is 0 Å². The second-order valence-corrected chi connectivity index (χ2v) is 7.26. The third-order valence-corrected chi connectivity index (χ3v) is 4.85. The van der Waals surface area contributed by atoms with Gasteiger partial charge < -0.3 is 19.0 Å². The van der Waals surface area contributed by atoms with Gasteiger partial charge in [-0.1, -0.05) is 19.0 Å². The van der Waals surface area contributed by atoms with Gasteiger partial charge in [-0.25, -0.2) is 0 Å². The Morgan fingerprint density at radius 3 is 2.68 bits per heavy atom. The van der Waals surface area contributed by atoms with Gasteiger partial charge in [-0.05, 0) is 44.2 Å². The van der Waals surface area contributed by atoms with Crippen LogP contribution in [0.15, 0.2) is 27.3 Å². The number of aryl methyl sites for hydroxylation is 1. The number of hydrogen-bond donors (Lipinski definition) is 1. The van der Waals surface area contributed by atoms with Gasteiger partial charge in [-0.2, -0.15) is 4.98 Å². The van der Waals surface area contributed by atoms with E-state index in [1.54, 1.807) is 6.26 Å². The van der Waals surface area contributed by atoms with Crippen molar-refractivity contribution in [3.8, 4) is 0 Å². The minimum atomic E-state index is 0.0792. The normalized spacial score (nSPS) is 18.6. The molecule has 1 aliphatic rings. The molecule has 2 atom stereocenters. The molecule has 25 heavy (non-hydrogen) atoms. The van der Waals surface area contributed by atoms with Crippen LogP contribution in [0.3, 0.4) is 0 Å². The Morgan fingerprint density at radius 2 is 2.04 bits per heavy atom. The third-order valence-electron chi connectivity index (χ3n) is 4.85. The fraction of sp³-hybridized carbons (Fsp3) is 0.684. The fourth-order valence-electron chi connectivity index (χ4n) is 3.27. The van der Waals surface area contributed by atoms with Crippen LogP contribution in [0.4, 0.5) is 0 Å². The highest BCUT2D eigenvalue weighted by atomic mass is 16.5. The monoisotopic (exact) mass is 347 g/mol. The molecule has 3 rings (SSSR count). The van der Waals surface area contributed by atoms with E-state index in [0.717, 1.165) is 50.5 Å². The Bertz CT molecular complexity index is 618. The van der Waals surface area contributed by atoms with Crippen LogP contribution in [0.1, 0.15) is 69.5 Å². The fourth-order valence-corrected chi connectivity index (χ4v) is 3.27. The van der Waals surface area contributed by atoms with Gasteiger partial charge in [0.1, 0.15) is 5.76 Å². The second kappa shape index (κ2) is 8.63. The lowest BCUT2D eigenvalue weighted by molar-refractivity contribution is 0.0469. The minimum absolute atomic E-state index is 0.0792. The maximum Gasteiger partial charge on any atom is 0.244 e. The van der Waals surface area contributed by atoms with Crippen molar-refractivity contribution in [2.75, 3.05) is 13.2 Å². The third kappa shape index (κ3) is 4.92. The predicted molar refractivity (Wildman–Crippen MR) is 94.3 cm³/mol. The molecule has 0 amide bonds. The van der Waals surface area contributed by atoms with Crippen LogP contribution in [-0.2, 0) is 11.2 Å². The number of nitrogens with one attached hydrogen (secondary N) is 1. The predicted octanol–water partition coefficient (Wildman–Crippen LogP) is 3.86. The Labute approximate surface area is 149 Å². The van der Waals surface area contributed by atoms with E-state index >= 15 is 0 Å². The summed E-state index contributed by atoms with van der Waals surface area (Å²) in [6.45, 7) is 7.97. The molecule has 6 nitrogen and oxygen atoms in total. The number of nitrogens with zero attached hydrogens (tertiary/aromatic N) is 2. The minimum Gasteiger partial charge on any atom is -0.469 e. The van der Waals surface area contributed by atoms with Crippen molar-refractivity contribution >= 4 is 0 Å². The second-order valence-electron chi connectivity index (χ2n) is 7.26. The van der Waals surface area contributed by atoms with E-state index in [2.05, 4.69) is 36.2 Å². The maximum absolute atomic E-state index is 5.61. The number of ether oxygens (including phenoxy) is 1. The molecule has 1 N–H and O–H groups in total. The summed E-state index contributed by atoms with van der Waals surface area (Å²) < 4.78 is 16.6. The summed E-state index contributed by atoms with van der Waals surface area (Å²) in [5.74, 6) is 3.23. The van der Waals surface area contributed by atoms with Crippen LogP contribution in [-0.4, -0.2) is 29.4 Å². The first kappa shape index (κ1) is 18.1. The van der Waals surface area contributed by atoms with Gasteiger partial charge in [0.2, 0.25) is 5.89 Å². The molecule has 0 aromatic carbocycles. The molecule has 2 aromatic heterocycles. The van der Waals surface area contributed by atoms with E-state index < -0.39 is 0 Å². The SMILES string of the molecule is CC(C)c1noc([C@@H](N[C@H](C)CCc2ccco2)C2CCOCC2)n1. The van der Waals surface area contributed by atoms with Crippen LogP contribution in [0.5, 0.6) is 0 Å². The van der Waals surface area contributed by atoms with Gasteiger partial charge in [0.25, 0.3) is 0 Å². The van der Waals surface area contributed by atoms with Gasteiger partial charge in [-0.15, -0.1) is 0 Å². The molecule has 0 spiro atoms. The Morgan fingerprint density at radius 1 is 1.24 bits per heavy atom. The molecule has 0 bridgehead atoms. The van der Waals surface area contributed by atoms with Crippen LogP contribution >= 0.6 is 0 Å². The molecule has 1 saturated heterocycles. The highest BCUT2D eigenvalue weighted by Gasteiger charge is 2.31. The quantitative estimate of drug-likeness (QED) is 0.781. The van der Waals surface area contributed by atoms with Crippen LogP contribution in [0.25, 0.3) is 0 Å². The van der Waals surface area contributed by atoms with Gasteiger partial charge in [0.05, 0.1) is 12.3 Å². The lowest BCUT2D eigenvalue weighted by Crippen LogP contribution is -2.37. The van der Waals surface area contributed by atoms with Crippen molar-refractivity contribution < 1.29 is 13.7 Å². The van der Waals surface area contributed by atoms with E-state index in [9.17, 15) is 0 Å². The van der Waals surface area contributed by atoms with Crippen LogP contribution in [0, 0.1) is 5.92 Å². The number of furan rings is 1. The molecule has 1 aliphatic heterocycles. The van der Waals surface area contributed by atoms with Gasteiger partial charge in [0.15, 0.2) is 5.82 Å². The number of hydrogen-bond acceptors (Lipinski definition) is 6. The molecule has 0 saturated carbocycles. The van der Waals surface area contributed by atoms with Gasteiger partial charge in [0, 0.05) is 31.6 Å². The average Bonchev–Trinajstić information content (AvgIpc) is 3.30. The first-order valence-electron chi connectivity index (χ1n) is 9.33. The average molecular weight is 347 g/mol. The van der Waals surface area contributed by atoms with Gasteiger partial charge in [-0.3, -0.25) is 0 Å². The van der Waals surface area contributed by atoms with Crippen molar-refractivity contribution in [1.82, 2.24) is 15.5 Å². The van der Waals surface area contributed by atoms with Crippen LogP contribution in [0.2, 0.25) is 0 Å². The maximum atomic E-state index is 5.61. The van der Waals surface area contributed by atoms with Crippen molar-refractivity contribution in [3.63, 3.8) is 0 Å². The highest BCUT2D eigenvalue weighted by Crippen LogP contribution is 2.30. The molecule has 3 heterocycles. The summed E-state index contributed by atoms with van der Waals surface area (Å²) in [6, 6.07) is 4.36. The lowest BCUT2D eigenvalue weighted by atomic mass is 9.90. The zero-order valence-corrected chi connectivity index (χ0v) is 15.4. The summed E-state index contributed by atoms with van der Waals surface area (Å²) in [6.07, 6.45) is 5.68. The van der Waals surface area contributed by atoms with E-state index in [4.69, 9.17) is 13.7 Å². The summed E-state index contributed by atoms with van der Waals surface area (Å²) in [7, 11) is 0. The molecule has 1 fully saturated rings. The molecule has 0 unspecified atom stereocenters.